The fourth-order valence-electron chi connectivity index (χ4n) is 4.43. The highest BCUT2D eigenvalue weighted by Gasteiger charge is 2.28. The molecule has 0 N–H and O–H groups in total. The molecule has 0 saturated carbocycles. The molecule has 1 heterocycles. The van der Waals surface area contributed by atoms with Gasteiger partial charge in [-0.25, -0.2) is 9.59 Å². The summed E-state index contributed by atoms with van der Waals surface area (Å²) in [7, 11) is 0. The zero-order valence-electron chi connectivity index (χ0n) is 16.0. The van der Waals surface area contributed by atoms with Gasteiger partial charge >= 0.3 is 11.9 Å². The quantitative estimate of drug-likeness (QED) is 0.387. The molecule has 0 aromatic heterocycles. The predicted octanol–water partition coefficient (Wildman–Crippen LogP) is 5.41. The minimum atomic E-state index is -0.550. The first-order chi connectivity index (χ1) is 14.2. The molecule has 0 unspecified atom stereocenters. The van der Waals surface area contributed by atoms with Crippen LogP contribution in [-0.4, -0.2) is 11.9 Å². The van der Waals surface area contributed by atoms with Gasteiger partial charge in [0.1, 0.15) is 0 Å². The van der Waals surface area contributed by atoms with Crippen LogP contribution in [0.15, 0.2) is 66.7 Å². The molecule has 142 valence electrons. The van der Waals surface area contributed by atoms with Crippen molar-refractivity contribution < 1.29 is 14.3 Å². The molecule has 0 fully saturated rings. The van der Waals surface area contributed by atoms with Gasteiger partial charge in [0.2, 0.25) is 0 Å². The molecule has 3 heteroatoms. The largest absolute Gasteiger partial charge is 0.386 e. The van der Waals surface area contributed by atoms with Crippen LogP contribution in [0, 0.1) is 0 Å². The van der Waals surface area contributed by atoms with Gasteiger partial charge in [-0.2, -0.15) is 0 Å². The lowest BCUT2D eigenvalue weighted by Crippen LogP contribution is -2.09. The maximum Gasteiger partial charge on any atom is 0.346 e. The van der Waals surface area contributed by atoms with Crippen LogP contribution >= 0.6 is 0 Å². The van der Waals surface area contributed by atoms with Crippen molar-refractivity contribution in [3.8, 4) is 11.1 Å². The molecule has 0 amide bonds. The van der Waals surface area contributed by atoms with E-state index in [0.717, 1.165) is 0 Å². The van der Waals surface area contributed by atoms with E-state index in [1.165, 1.54) is 47.9 Å². The Morgan fingerprint density at radius 3 is 2.07 bits per heavy atom. The summed E-state index contributed by atoms with van der Waals surface area (Å²) in [6.07, 6.45) is 9.42. The molecule has 6 rings (SSSR count). The van der Waals surface area contributed by atoms with E-state index < -0.39 is 11.9 Å². The zero-order chi connectivity index (χ0) is 19.8. The molecule has 0 saturated heterocycles. The zero-order valence-corrected chi connectivity index (χ0v) is 16.0. The molecule has 3 aromatic rings. The molecule has 29 heavy (non-hydrogen) atoms. The Balaban J connectivity index is 0.000000142. The van der Waals surface area contributed by atoms with Crippen LogP contribution in [0.2, 0.25) is 0 Å². The predicted molar refractivity (Wildman–Crippen MR) is 113 cm³/mol. The van der Waals surface area contributed by atoms with Crippen molar-refractivity contribution in [3.63, 3.8) is 0 Å². The van der Waals surface area contributed by atoms with Crippen molar-refractivity contribution >= 4 is 18.0 Å². The molecule has 3 aromatic carbocycles. The van der Waals surface area contributed by atoms with Crippen molar-refractivity contribution in [2.75, 3.05) is 0 Å². The second-order valence-corrected chi connectivity index (χ2v) is 7.48. The van der Waals surface area contributed by atoms with Crippen LogP contribution in [0.1, 0.15) is 49.4 Å². The lowest BCUT2D eigenvalue weighted by atomic mass is 9.80. The molecule has 3 nitrogen and oxygen atoms in total. The SMILES string of the molecule is C1=Cc2ccc3c(c2CC1)CCc1ccccc1-3.O=C1OC(=O)c2ccccc21. The smallest absolute Gasteiger partial charge is 0.346 e. The maximum atomic E-state index is 10.8. The molecule has 3 aliphatic rings. The third-order valence-corrected chi connectivity index (χ3v) is 5.83. The average Bonchev–Trinajstić information content (AvgIpc) is 3.07. The topological polar surface area (TPSA) is 43.4 Å². The van der Waals surface area contributed by atoms with Crippen LogP contribution in [0.5, 0.6) is 0 Å². The maximum absolute atomic E-state index is 10.8. The molecule has 0 radical (unpaired) electrons. The third-order valence-electron chi connectivity index (χ3n) is 5.83. The number of allylic oxidation sites excluding steroid dienone is 1. The first-order valence-electron chi connectivity index (χ1n) is 9.97. The summed E-state index contributed by atoms with van der Waals surface area (Å²) in [5, 5.41) is 0. The van der Waals surface area contributed by atoms with Gasteiger partial charge < -0.3 is 4.74 Å². The number of hydrogen-bond acceptors (Lipinski definition) is 3. The second-order valence-electron chi connectivity index (χ2n) is 7.48. The molecular formula is C26H20O3. The second kappa shape index (κ2) is 7.17. The Kier molecular flexibility index (Phi) is 4.36. The number of carbonyl (C=O) groups is 2. The van der Waals surface area contributed by atoms with Gasteiger partial charge in [-0.3, -0.25) is 0 Å². The van der Waals surface area contributed by atoms with E-state index in [1.807, 2.05) is 0 Å². The Bertz CT molecular complexity index is 1140. The summed E-state index contributed by atoms with van der Waals surface area (Å²) in [6.45, 7) is 0. The van der Waals surface area contributed by atoms with Crippen LogP contribution in [0.3, 0.4) is 0 Å². The summed E-state index contributed by atoms with van der Waals surface area (Å²) in [4.78, 5) is 21.7. The molecule has 2 aliphatic carbocycles. The number of fused-ring (bicyclic) bond motifs is 6. The molecular weight excluding hydrogens is 360 g/mol. The minimum Gasteiger partial charge on any atom is -0.386 e. The van der Waals surface area contributed by atoms with E-state index in [9.17, 15) is 9.59 Å². The number of benzene rings is 3. The molecule has 0 spiro atoms. The normalized spacial score (nSPS) is 15.3. The van der Waals surface area contributed by atoms with Gasteiger partial charge in [-0.1, -0.05) is 60.7 Å². The fraction of sp³-hybridized carbons (Fsp3) is 0.154. The molecule has 1 aliphatic heterocycles. The van der Waals surface area contributed by atoms with E-state index in [4.69, 9.17) is 0 Å². The Morgan fingerprint density at radius 2 is 1.31 bits per heavy atom. The summed E-state index contributed by atoms with van der Waals surface area (Å²) < 4.78 is 4.35. The number of aryl methyl sites for hydroxylation is 1. The highest BCUT2D eigenvalue weighted by atomic mass is 16.6. The van der Waals surface area contributed by atoms with Gasteiger partial charge in [-0.05, 0) is 71.2 Å². The number of hydrogen-bond donors (Lipinski definition) is 0. The Labute approximate surface area is 169 Å². The van der Waals surface area contributed by atoms with Crippen molar-refractivity contribution in [2.24, 2.45) is 0 Å². The third kappa shape index (κ3) is 3.09. The van der Waals surface area contributed by atoms with Gasteiger partial charge in [0.05, 0.1) is 11.1 Å². The van der Waals surface area contributed by atoms with Crippen molar-refractivity contribution in [2.45, 2.75) is 25.7 Å². The van der Waals surface area contributed by atoms with Crippen LogP contribution < -0.4 is 0 Å². The van der Waals surface area contributed by atoms with Gasteiger partial charge in [0.15, 0.2) is 0 Å². The van der Waals surface area contributed by atoms with Gasteiger partial charge in [0, 0.05) is 0 Å². The Hall–Kier alpha value is -3.46. The monoisotopic (exact) mass is 380 g/mol. The lowest BCUT2D eigenvalue weighted by Gasteiger charge is -2.25. The highest BCUT2D eigenvalue weighted by molar-refractivity contribution is 6.14. The number of cyclic esters (lactones) is 2. The lowest BCUT2D eigenvalue weighted by molar-refractivity contribution is 0.0444. The highest BCUT2D eigenvalue weighted by Crippen LogP contribution is 2.38. The Morgan fingerprint density at radius 1 is 0.621 bits per heavy atom. The fourth-order valence-corrected chi connectivity index (χ4v) is 4.43. The van der Waals surface area contributed by atoms with E-state index in [0.29, 0.717) is 11.1 Å². The van der Waals surface area contributed by atoms with Gasteiger partial charge in [0.25, 0.3) is 0 Å². The van der Waals surface area contributed by atoms with Crippen LogP contribution in [-0.2, 0) is 24.0 Å². The number of esters is 2. The summed E-state index contributed by atoms with van der Waals surface area (Å²) in [5.41, 5.74) is 9.81. The minimum absolute atomic E-state index is 0.359. The van der Waals surface area contributed by atoms with Crippen molar-refractivity contribution in [1.82, 2.24) is 0 Å². The van der Waals surface area contributed by atoms with E-state index in [2.05, 4.69) is 53.3 Å². The van der Waals surface area contributed by atoms with Crippen molar-refractivity contribution in [3.05, 3.63) is 100 Å². The average molecular weight is 380 g/mol. The molecule has 0 bridgehead atoms. The summed E-state index contributed by atoms with van der Waals surface area (Å²) in [6, 6.07) is 20.0. The summed E-state index contributed by atoms with van der Waals surface area (Å²) in [5.74, 6) is -1.10. The van der Waals surface area contributed by atoms with E-state index >= 15 is 0 Å². The number of carbonyl (C=O) groups excluding carboxylic acids is 2. The van der Waals surface area contributed by atoms with Crippen LogP contribution in [0.25, 0.3) is 17.2 Å². The van der Waals surface area contributed by atoms with Crippen LogP contribution in [0.4, 0.5) is 0 Å². The van der Waals surface area contributed by atoms with E-state index in [1.54, 1.807) is 35.4 Å². The standard InChI is InChI=1S/C18H16.C8H4O3/c1-3-7-15-13(5-1)9-11-18-16-8-4-2-6-14(16)10-12-17(15)18;9-7-5-3-1-2-4-6(5)8(10)11-7/h1-3,5-7,10,12H,4,8-9,11H2;1-4H. The number of rotatable bonds is 0. The molecule has 0 atom stereocenters. The number of ether oxygens (including phenoxy) is 1. The van der Waals surface area contributed by atoms with E-state index in [-0.39, 0.29) is 0 Å². The first-order valence-corrected chi connectivity index (χ1v) is 9.97. The van der Waals surface area contributed by atoms with Gasteiger partial charge in [-0.15, -0.1) is 0 Å². The van der Waals surface area contributed by atoms with Crippen molar-refractivity contribution in [1.29, 1.82) is 0 Å². The first kappa shape index (κ1) is 17.6. The summed E-state index contributed by atoms with van der Waals surface area (Å²) >= 11 is 0.